The van der Waals surface area contributed by atoms with E-state index in [9.17, 15) is 19.6 Å². The highest BCUT2D eigenvalue weighted by molar-refractivity contribution is 6.01. The summed E-state index contributed by atoms with van der Waals surface area (Å²) >= 11 is 0. The molecule has 3 aliphatic rings. The molecular formula is C28H35N5O4. The molecule has 1 saturated carbocycles. The van der Waals surface area contributed by atoms with Crippen molar-refractivity contribution < 1.29 is 19.1 Å². The summed E-state index contributed by atoms with van der Waals surface area (Å²) in [6, 6.07) is 8.12. The molecule has 9 nitrogen and oxygen atoms in total. The molecule has 196 valence electrons. The number of likely N-dealkylation sites (tertiary alicyclic amines) is 1. The van der Waals surface area contributed by atoms with Crippen LogP contribution >= 0.6 is 0 Å². The Morgan fingerprint density at radius 1 is 1.22 bits per heavy atom. The molecule has 0 bridgehead atoms. The van der Waals surface area contributed by atoms with Gasteiger partial charge >= 0.3 is 0 Å². The Morgan fingerprint density at radius 3 is 2.76 bits per heavy atom. The van der Waals surface area contributed by atoms with Crippen LogP contribution in [0.5, 0.6) is 5.75 Å². The maximum Gasteiger partial charge on any atom is 0.270 e. The number of aromatic amines is 1. The number of H-pyrrole nitrogens is 1. The van der Waals surface area contributed by atoms with Crippen LogP contribution < -0.4 is 15.4 Å². The number of rotatable bonds is 7. The van der Waals surface area contributed by atoms with Crippen LogP contribution in [0.15, 0.2) is 24.3 Å². The minimum absolute atomic E-state index is 0.0612. The van der Waals surface area contributed by atoms with Crippen LogP contribution in [0.1, 0.15) is 61.9 Å². The van der Waals surface area contributed by atoms with Gasteiger partial charge in [0.15, 0.2) is 0 Å². The lowest BCUT2D eigenvalue weighted by Crippen LogP contribution is -2.49. The first-order valence-electron chi connectivity index (χ1n) is 13.4. The third-order valence-corrected chi connectivity index (χ3v) is 8.43. The Balaban J connectivity index is 1.35. The SMILES string of the molecule is COc1cccc2[nH]c(C(=O)N3CC(C4CCCC4)CC3C(=O)NC(C#N)CC3CCCNC3=O)cc12. The van der Waals surface area contributed by atoms with E-state index in [0.717, 1.165) is 30.2 Å². The zero-order chi connectivity index (χ0) is 25.9. The number of nitrogens with zero attached hydrogens (tertiary/aromatic N) is 2. The number of piperidine rings is 1. The number of amides is 3. The van der Waals surface area contributed by atoms with E-state index < -0.39 is 12.1 Å². The van der Waals surface area contributed by atoms with Gasteiger partial charge in [-0.15, -0.1) is 0 Å². The molecule has 0 radical (unpaired) electrons. The largest absolute Gasteiger partial charge is 0.496 e. The van der Waals surface area contributed by atoms with E-state index in [1.54, 1.807) is 18.1 Å². The van der Waals surface area contributed by atoms with Crippen LogP contribution in [0.25, 0.3) is 10.9 Å². The van der Waals surface area contributed by atoms with E-state index in [0.29, 0.717) is 43.3 Å². The third-order valence-electron chi connectivity index (χ3n) is 8.43. The van der Waals surface area contributed by atoms with Crippen LogP contribution in [-0.2, 0) is 9.59 Å². The lowest BCUT2D eigenvalue weighted by atomic mass is 9.88. The van der Waals surface area contributed by atoms with Crippen LogP contribution in [0.2, 0.25) is 0 Å². The van der Waals surface area contributed by atoms with Gasteiger partial charge in [-0.3, -0.25) is 14.4 Å². The van der Waals surface area contributed by atoms with Crippen molar-refractivity contribution in [3.63, 3.8) is 0 Å². The number of hydrogen-bond donors (Lipinski definition) is 3. The topological polar surface area (TPSA) is 127 Å². The molecule has 3 N–H and O–H groups in total. The number of methoxy groups -OCH3 is 1. The van der Waals surface area contributed by atoms with Crippen molar-refractivity contribution in [3.05, 3.63) is 30.0 Å². The quantitative estimate of drug-likeness (QED) is 0.533. The van der Waals surface area contributed by atoms with Gasteiger partial charge in [0, 0.05) is 29.9 Å². The molecule has 2 aliphatic heterocycles. The van der Waals surface area contributed by atoms with Crippen molar-refractivity contribution in [2.24, 2.45) is 17.8 Å². The second-order valence-electron chi connectivity index (χ2n) is 10.7. The Kier molecular flexibility index (Phi) is 7.36. The molecule has 1 aromatic heterocycles. The van der Waals surface area contributed by atoms with Crippen LogP contribution in [0, 0.1) is 29.1 Å². The zero-order valence-corrected chi connectivity index (χ0v) is 21.3. The number of nitrogens with one attached hydrogen (secondary N) is 3. The van der Waals surface area contributed by atoms with Gasteiger partial charge in [-0.05, 0) is 55.7 Å². The van der Waals surface area contributed by atoms with Crippen molar-refractivity contribution in [1.29, 1.82) is 5.26 Å². The minimum atomic E-state index is -0.777. The van der Waals surface area contributed by atoms with E-state index in [4.69, 9.17) is 4.74 Å². The van der Waals surface area contributed by atoms with Gasteiger partial charge in [-0.2, -0.15) is 5.26 Å². The monoisotopic (exact) mass is 505 g/mol. The van der Waals surface area contributed by atoms with E-state index in [1.807, 2.05) is 18.2 Å². The highest BCUT2D eigenvalue weighted by atomic mass is 16.5. The Hall–Kier alpha value is -3.54. The molecule has 3 amide bonds. The van der Waals surface area contributed by atoms with E-state index >= 15 is 0 Å². The zero-order valence-electron chi connectivity index (χ0n) is 21.3. The summed E-state index contributed by atoms with van der Waals surface area (Å²) < 4.78 is 5.45. The van der Waals surface area contributed by atoms with Gasteiger partial charge in [0.2, 0.25) is 11.8 Å². The van der Waals surface area contributed by atoms with Crippen molar-refractivity contribution >= 4 is 28.6 Å². The molecule has 1 aromatic carbocycles. The molecule has 1 aliphatic carbocycles. The second-order valence-corrected chi connectivity index (χ2v) is 10.7. The summed E-state index contributed by atoms with van der Waals surface area (Å²) in [4.78, 5) is 44.4. The number of benzene rings is 1. The summed E-state index contributed by atoms with van der Waals surface area (Å²) in [5.74, 6) is 0.557. The minimum Gasteiger partial charge on any atom is -0.496 e. The molecule has 2 saturated heterocycles. The normalized spacial score (nSPS) is 25.0. The summed E-state index contributed by atoms with van der Waals surface area (Å²) in [7, 11) is 1.60. The molecular weight excluding hydrogens is 470 g/mol. The standard InChI is InChI=1S/C28H35N5O4/c1-37-25-10-4-9-22-21(25)14-23(32-22)28(36)33-16-19(17-6-2-3-7-17)13-24(33)27(35)31-20(15-29)12-18-8-5-11-30-26(18)34/h4,9-10,14,17-20,24,32H,2-3,5-8,11-13,16H2,1H3,(H,30,34)(H,31,35). The Morgan fingerprint density at radius 2 is 2.03 bits per heavy atom. The number of fused-ring (bicyclic) bond motifs is 1. The van der Waals surface area contributed by atoms with Gasteiger partial charge < -0.3 is 25.3 Å². The molecule has 9 heteroatoms. The smallest absolute Gasteiger partial charge is 0.270 e. The molecule has 5 rings (SSSR count). The molecule has 37 heavy (non-hydrogen) atoms. The molecule has 0 spiro atoms. The van der Waals surface area contributed by atoms with Gasteiger partial charge in [-0.25, -0.2) is 0 Å². The first-order chi connectivity index (χ1) is 18.0. The fourth-order valence-electron chi connectivity index (χ4n) is 6.44. The van der Waals surface area contributed by atoms with Gasteiger partial charge in [0.05, 0.1) is 13.2 Å². The maximum atomic E-state index is 13.8. The van der Waals surface area contributed by atoms with Crippen molar-refractivity contribution in [1.82, 2.24) is 20.5 Å². The predicted molar refractivity (Wildman–Crippen MR) is 138 cm³/mol. The van der Waals surface area contributed by atoms with E-state index in [-0.39, 0.29) is 36.0 Å². The van der Waals surface area contributed by atoms with Crippen LogP contribution in [0.3, 0.4) is 0 Å². The molecule has 3 fully saturated rings. The number of carbonyl (C=O) groups is 3. The van der Waals surface area contributed by atoms with Gasteiger partial charge in [0.25, 0.3) is 5.91 Å². The summed E-state index contributed by atoms with van der Waals surface area (Å²) in [5, 5.41) is 16.3. The van der Waals surface area contributed by atoms with Crippen LogP contribution in [-0.4, -0.2) is 59.9 Å². The third kappa shape index (κ3) is 5.15. The van der Waals surface area contributed by atoms with Crippen LogP contribution in [0.4, 0.5) is 0 Å². The predicted octanol–water partition coefficient (Wildman–Crippen LogP) is 3.12. The molecule has 2 aromatic rings. The molecule has 3 heterocycles. The summed E-state index contributed by atoms with van der Waals surface area (Å²) in [6.45, 7) is 1.18. The summed E-state index contributed by atoms with van der Waals surface area (Å²) in [6.07, 6.45) is 7.08. The average Bonchev–Trinajstić information content (AvgIpc) is 3.68. The Labute approximate surface area is 216 Å². The first-order valence-corrected chi connectivity index (χ1v) is 13.4. The van der Waals surface area contributed by atoms with E-state index in [2.05, 4.69) is 21.7 Å². The number of nitriles is 1. The highest BCUT2D eigenvalue weighted by Gasteiger charge is 2.44. The van der Waals surface area contributed by atoms with E-state index in [1.165, 1.54) is 12.8 Å². The van der Waals surface area contributed by atoms with Crippen molar-refractivity contribution in [2.45, 2.75) is 63.5 Å². The van der Waals surface area contributed by atoms with Crippen molar-refractivity contribution in [2.75, 3.05) is 20.2 Å². The van der Waals surface area contributed by atoms with Gasteiger partial charge in [0.1, 0.15) is 23.5 Å². The maximum absolute atomic E-state index is 13.8. The molecule has 4 atom stereocenters. The summed E-state index contributed by atoms with van der Waals surface area (Å²) in [5.41, 5.74) is 1.21. The number of carbonyl (C=O) groups excluding carboxylic acids is 3. The number of hydrogen-bond acceptors (Lipinski definition) is 5. The lowest BCUT2D eigenvalue weighted by Gasteiger charge is -2.27. The van der Waals surface area contributed by atoms with Gasteiger partial charge in [-0.1, -0.05) is 31.7 Å². The number of aromatic nitrogens is 1. The van der Waals surface area contributed by atoms with Crippen molar-refractivity contribution in [3.8, 4) is 11.8 Å². The highest BCUT2D eigenvalue weighted by Crippen LogP contribution is 2.39. The fraction of sp³-hybridized carbons (Fsp3) is 0.571. The Bertz CT molecular complexity index is 1210. The fourth-order valence-corrected chi connectivity index (χ4v) is 6.44. The average molecular weight is 506 g/mol. The first kappa shape index (κ1) is 25.1. The second kappa shape index (κ2) is 10.8. The molecule has 4 unspecified atom stereocenters. The lowest BCUT2D eigenvalue weighted by molar-refractivity contribution is -0.128. The number of ether oxygens (including phenoxy) is 1.